The maximum atomic E-state index is 10.7. The first-order valence-corrected chi connectivity index (χ1v) is 22.0. The Morgan fingerprint density at radius 1 is 0.422 bits per heavy atom. The molecule has 4 heteroatoms. The van der Waals surface area contributed by atoms with Crippen molar-refractivity contribution >= 4 is 72.1 Å². The van der Waals surface area contributed by atoms with Gasteiger partial charge in [0.15, 0.2) is 0 Å². The Balaban J connectivity index is 1.15. The summed E-state index contributed by atoms with van der Waals surface area (Å²) in [5.74, 6) is 0. The van der Waals surface area contributed by atoms with Crippen LogP contribution in [0.25, 0.3) is 59.4 Å². The van der Waals surface area contributed by atoms with E-state index in [1.165, 1.54) is 44.5 Å². The fourth-order valence-corrected chi connectivity index (χ4v) is 11.3. The van der Waals surface area contributed by atoms with E-state index in [4.69, 9.17) is 6.57 Å². The van der Waals surface area contributed by atoms with Crippen molar-refractivity contribution < 1.29 is 0 Å². The first kappa shape index (κ1) is 37.6. The second kappa shape index (κ2) is 13.7. The predicted octanol–water partition coefficient (Wildman–Crippen LogP) is 16.6. The van der Waals surface area contributed by atoms with Crippen LogP contribution in [0.5, 0.6) is 0 Å². The van der Waals surface area contributed by atoms with Crippen LogP contribution in [-0.2, 0) is 10.8 Å². The van der Waals surface area contributed by atoms with Crippen molar-refractivity contribution in [3.05, 3.63) is 221 Å². The molecule has 0 radical (unpaired) electrons. The van der Waals surface area contributed by atoms with Crippen molar-refractivity contribution in [2.24, 2.45) is 0 Å². The predicted molar refractivity (Wildman–Crippen MR) is 266 cm³/mol. The number of fused-ring (bicyclic) bond motifs is 6. The summed E-state index contributed by atoms with van der Waals surface area (Å²) in [6.07, 6.45) is 0. The van der Waals surface area contributed by atoms with E-state index in [1.54, 1.807) is 0 Å². The van der Waals surface area contributed by atoms with Gasteiger partial charge in [0.25, 0.3) is 0 Å². The SMILES string of the molecule is [C-]#[N+]c1ccccc1N(c1cccc2c1-c1ccccc1C2(C)C)c1ccc2ccc3c(N(c4ccccc4C#N)c4cccc5c4-c4ccccc4C5(C)C)ccc4ccc1c2c43. The van der Waals surface area contributed by atoms with Gasteiger partial charge in [0.05, 0.1) is 46.3 Å². The highest BCUT2D eigenvalue weighted by Crippen LogP contribution is 2.58. The van der Waals surface area contributed by atoms with E-state index in [1.807, 2.05) is 36.4 Å². The third kappa shape index (κ3) is 5.09. The lowest BCUT2D eigenvalue weighted by atomic mass is 9.82. The molecule has 64 heavy (non-hydrogen) atoms. The van der Waals surface area contributed by atoms with E-state index in [0.29, 0.717) is 11.3 Å². The third-order valence-electron chi connectivity index (χ3n) is 14.3. The zero-order chi connectivity index (χ0) is 43.5. The summed E-state index contributed by atoms with van der Waals surface area (Å²) in [6.45, 7) is 17.6. The number of para-hydroxylation sites is 3. The zero-order valence-electron chi connectivity index (χ0n) is 36.1. The maximum absolute atomic E-state index is 10.7. The molecule has 0 heterocycles. The molecular formula is C60H42N4. The number of rotatable bonds is 6. The van der Waals surface area contributed by atoms with Crippen LogP contribution >= 0.6 is 0 Å². The first-order valence-electron chi connectivity index (χ1n) is 22.0. The number of hydrogen-bond donors (Lipinski definition) is 0. The molecule has 10 aromatic rings. The Bertz CT molecular complexity index is 3430. The Labute approximate surface area is 373 Å². The molecule has 0 fully saturated rings. The summed E-state index contributed by atoms with van der Waals surface area (Å²) >= 11 is 0. The molecular weight excluding hydrogens is 777 g/mol. The molecule has 0 bridgehead atoms. The summed E-state index contributed by atoms with van der Waals surface area (Å²) in [5, 5.41) is 17.5. The van der Waals surface area contributed by atoms with Crippen LogP contribution in [0.15, 0.2) is 182 Å². The van der Waals surface area contributed by atoms with Gasteiger partial charge in [-0.2, -0.15) is 5.26 Å². The Morgan fingerprint density at radius 2 is 0.844 bits per heavy atom. The molecule has 0 unspecified atom stereocenters. The molecule has 2 aliphatic carbocycles. The Kier molecular flexibility index (Phi) is 8.02. The minimum Gasteiger partial charge on any atom is -0.319 e. The highest BCUT2D eigenvalue weighted by Gasteiger charge is 2.40. The summed E-state index contributed by atoms with van der Waals surface area (Å²) in [6, 6.07) is 67.3. The molecule has 4 nitrogen and oxygen atoms in total. The molecule has 0 spiro atoms. The molecule has 2 aliphatic rings. The third-order valence-corrected chi connectivity index (χ3v) is 14.3. The van der Waals surface area contributed by atoms with Gasteiger partial charge in [0.1, 0.15) is 6.07 Å². The smallest absolute Gasteiger partial charge is 0.210 e. The first-order chi connectivity index (χ1) is 31.2. The topological polar surface area (TPSA) is 34.6 Å². The van der Waals surface area contributed by atoms with Crippen LogP contribution in [0.1, 0.15) is 55.5 Å². The molecule has 0 N–H and O–H groups in total. The second-order valence-corrected chi connectivity index (χ2v) is 18.2. The van der Waals surface area contributed by atoms with Crippen LogP contribution in [0.3, 0.4) is 0 Å². The fraction of sp³-hybridized carbons (Fsp3) is 0.100. The molecule has 0 amide bonds. The lowest BCUT2D eigenvalue weighted by molar-refractivity contribution is 0.660. The lowest BCUT2D eigenvalue weighted by Gasteiger charge is -2.32. The van der Waals surface area contributed by atoms with E-state index < -0.39 is 0 Å². The van der Waals surface area contributed by atoms with Gasteiger partial charge in [-0.15, -0.1) is 0 Å². The monoisotopic (exact) mass is 818 g/mol. The summed E-state index contributed by atoms with van der Waals surface area (Å²) in [7, 11) is 0. The van der Waals surface area contributed by atoms with Crippen molar-refractivity contribution in [1.82, 2.24) is 0 Å². The molecule has 12 rings (SSSR count). The molecule has 0 saturated carbocycles. The Morgan fingerprint density at radius 3 is 1.38 bits per heavy atom. The highest BCUT2D eigenvalue weighted by molar-refractivity contribution is 6.28. The van der Waals surface area contributed by atoms with Gasteiger partial charge < -0.3 is 9.80 Å². The van der Waals surface area contributed by atoms with Gasteiger partial charge in [0, 0.05) is 32.7 Å². The van der Waals surface area contributed by atoms with Gasteiger partial charge in [-0.1, -0.05) is 167 Å². The van der Waals surface area contributed by atoms with Gasteiger partial charge in [-0.3, -0.25) is 0 Å². The summed E-state index contributed by atoms with van der Waals surface area (Å²) in [5.41, 5.74) is 16.5. The van der Waals surface area contributed by atoms with Crippen LogP contribution in [0, 0.1) is 17.9 Å². The molecule has 10 aromatic carbocycles. The number of hydrogen-bond acceptors (Lipinski definition) is 3. The van der Waals surface area contributed by atoms with Gasteiger partial charge in [-0.25, -0.2) is 4.85 Å². The van der Waals surface area contributed by atoms with Crippen molar-refractivity contribution in [3.63, 3.8) is 0 Å². The molecule has 0 aromatic heterocycles. The van der Waals surface area contributed by atoms with Crippen LogP contribution in [-0.4, -0.2) is 0 Å². The van der Waals surface area contributed by atoms with E-state index in [0.717, 1.165) is 66.4 Å². The van der Waals surface area contributed by atoms with Crippen molar-refractivity contribution in [1.29, 1.82) is 5.26 Å². The van der Waals surface area contributed by atoms with Gasteiger partial charge in [0.2, 0.25) is 5.69 Å². The highest BCUT2D eigenvalue weighted by atomic mass is 15.2. The van der Waals surface area contributed by atoms with Gasteiger partial charge >= 0.3 is 0 Å². The maximum Gasteiger partial charge on any atom is 0.210 e. The van der Waals surface area contributed by atoms with Crippen molar-refractivity contribution in [2.75, 3.05) is 9.80 Å². The van der Waals surface area contributed by atoms with Crippen LogP contribution < -0.4 is 9.80 Å². The van der Waals surface area contributed by atoms with Crippen molar-refractivity contribution in [3.8, 4) is 28.3 Å². The number of benzene rings is 10. The quantitative estimate of drug-likeness (QED) is 0.124. The molecule has 0 saturated heterocycles. The fourth-order valence-electron chi connectivity index (χ4n) is 11.3. The van der Waals surface area contributed by atoms with E-state index in [-0.39, 0.29) is 10.8 Å². The normalized spacial score (nSPS) is 13.8. The standard InChI is InChI=1S/C60H42N4/c1-59(2)44-19-9-7-17-40(44)57-46(59)21-14-26-53(57)63(49-24-12-6-16-39(49)36-61)50-34-30-37-29-33-43-51(35-31-38-28-32-42(50)55(37)56(38)43)64(52-25-13-11-23-48(52)62-5)54-27-15-22-47-58(54)41-18-8-10-20-45(41)60(47,3)4/h6-35H,1-4H3. The zero-order valence-corrected chi connectivity index (χ0v) is 36.1. The Hall–Kier alpha value is -8.18. The molecule has 0 aliphatic heterocycles. The largest absolute Gasteiger partial charge is 0.319 e. The molecule has 302 valence electrons. The van der Waals surface area contributed by atoms with Crippen LogP contribution in [0.4, 0.5) is 39.8 Å². The van der Waals surface area contributed by atoms with Gasteiger partial charge in [-0.05, 0) is 97.4 Å². The number of nitriles is 1. The number of nitrogens with zero attached hydrogens (tertiary/aromatic N) is 4. The van der Waals surface area contributed by atoms with E-state index >= 15 is 0 Å². The second-order valence-electron chi connectivity index (χ2n) is 18.2. The number of anilines is 6. The average molecular weight is 819 g/mol. The van der Waals surface area contributed by atoms with Crippen LogP contribution in [0.2, 0.25) is 0 Å². The lowest BCUT2D eigenvalue weighted by Crippen LogP contribution is -2.16. The van der Waals surface area contributed by atoms with E-state index in [2.05, 4.69) is 194 Å². The summed E-state index contributed by atoms with van der Waals surface area (Å²) < 4.78 is 0. The van der Waals surface area contributed by atoms with E-state index in [9.17, 15) is 5.26 Å². The average Bonchev–Trinajstić information content (AvgIpc) is 3.72. The summed E-state index contributed by atoms with van der Waals surface area (Å²) in [4.78, 5) is 8.76. The minimum absolute atomic E-state index is 0.196. The van der Waals surface area contributed by atoms with Crippen molar-refractivity contribution in [2.45, 2.75) is 38.5 Å². The molecule has 0 atom stereocenters. The minimum atomic E-state index is -0.199.